The van der Waals surface area contributed by atoms with E-state index in [-0.39, 0.29) is 18.0 Å². The number of carbonyl (C=O) groups excluding carboxylic acids is 1. The first-order valence-corrected chi connectivity index (χ1v) is 10.5. The third-order valence-electron chi connectivity index (χ3n) is 5.81. The van der Waals surface area contributed by atoms with E-state index >= 15 is 0 Å². The zero-order valence-electron chi connectivity index (χ0n) is 15.8. The van der Waals surface area contributed by atoms with Crippen LogP contribution >= 0.6 is 11.3 Å². The van der Waals surface area contributed by atoms with Gasteiger partial charge in [-0.15, -0.1) is 11.3 Å². The van der Waals surface area contributed by atoms with Crippen molar-refractivity contribution in [3.8, 4) is 0 Å². The number of fused-ring (bicyclic) bond motifs is 3. The van der Waals surface area contributed by atoms with Gasteiger partial charge in [0.2, 0.25) is 5.91 Å². The molecule has 1 amide bonds. The maximum atomic E-state index is 13.0. The number of aromatic nitrogens is 2. The Balaban J connectivity index is 1.62. The highest BCUT2D eigenvalue weighted by Gasteiger charge is 2.27. The molecule has 0 saturated carbocycles. The van der Waals surface area contributed by atoms with Crippen molar-refractivity contribution in [1.29, 1.82) is 0 Å². The number of piperidine rings is 1. The summed E-state index contributed by atoms with van der Waals surface area (Å²) in [7, 11) is 0. The van der Waals surface area contributed by atoms with Gasteiger partial charge in [0.15, 0.2) is 0 Å². The van der Waals surface area contributed by atoms with Crippen molar-refractivity contribution in [2.24, 2.45) is 17.8 Å². The van der Waals surface area contributed by atoms with Crippen LogP contribution in [0.15, 0.2) is 11.1 Å². The number of likely N-dealkylation sites (tertiary alicyclic amines) is 1. The molecule has 5 nitrogen and oxygen atoms in total. The number of thiophene rings is 1. The highest BCUT2D eigenvalue weighted by atomic mass is 32.1. The fourth-order valence-corrected chi connectivity index (χ4v) is 5.93. The van der Waals surface area contributed by atoms with Crippen molar-refractivity contribution in [1.82, 2.24) is 14.5 Å². The average molecular weight is 374 g/mol. The van der Waals surface area contributed by atoms with Gasteiger partial charge in [-0.3, -0.25) is 14.2 Å². The molecule has 4 rings (SSSR count). The van der Waals surface area contributed by atoms with Crippen molar-refractivity contribution in [3.63, 3.8) is 0 Å². The van der Waals surface area contributed by atoms with Crippen LogP contribution in [0.25, 0.3) is 10.2 Å². The Morgan fingerprint density at radius 1 is 1.23 bits per heavy atom. The van der Waals surface area contributed by atoms with Gasteiger partial charge in [-0.2, -0.15) is 0 Å². The van der Waals surface area contributed by atoms with Crippen LogP contribution in [0.5, 0.6) is 0 Å². The number of hydrogen-bond acceptors (Lipinski definition) is 4. The van der Waals surface area contributed by atoms with Gasteiger partial charge in [0.25, 0.3) is 5.56 Å². The van der Waals surface area contributed by atoms with E-state index in [1.165, 1.54) is 15.0 Å². The fraction of sp³-hybridized carbons (Fsp3) is 0.650. The molecule has 0 bridgehead atoms. The van der Waals surface area contributed by atoms with Crippen molar-refractivity contribution >= 4 is 27.5 Å². The molecule has 0 N–H and O–H groups in total. The normalized spacial score (nSPS) is 26.1. The first-order valence-electron chi connectivity index (χ1n) is 9.69. The molecule has 1 saturated heterocycles. The van der Waals surface area contributed by atoms with Gasteiger partial charge in [-0.25, -0.2) is 4.98 Å². The molecule has 3 heterocycles. The number of nitrogens with zero attached hydrogens (tertiary/aromatic N) is 3. The SMILES string of the molecule is C[C@@H]1CCc2c(sc3ncn(CC(=O)N4C[C@H](C)C[C@H](C)C4)c(=O)c23)C1. The maximum Gasteiger partial charge on any atom is 0.262 e. The largest absolute Gasteiger partial charge is 0.341 e. The maximum absolute atomic E-state index is 13.0. The zero-order valence-corrected chi connectivity index (χ0v) is 16.6. The Hall–Kier alpha value is -1.69. The van der Waals surface area contributed by atoms with Gasteiger partial charge in [-0.1, -0.05) is 20.8 Å². The summed E-state index contributed by atoms with van der Waals surface area (Å²) in [4.78, 5) is 34.4. The minimum absolute atomic E-state index is 0.0318. The van der Waals surface area contributed by atoms with Crippen molar-refractivity contribution in [2.75, 3.05) is 13.1 Å². The first kappa shape index (κ1) is 17.7. The van der Waals surface area contributed by atoms with Crippen molar-refractivity contribution in [3.05, 3.63) is 27.1 Å². The minimum atomic E-state index is -0.0477. The highest BCUT2D eigenvalue weighted by Crippen LogP contribution is 2.35. The summed E-state index contributed by atoms with van der Waals surface area (Å²) in [5.41, 5.74) is 1.14. The summed E-state index contributed by atoms with van der Waals surface area (Å²) < 4.78 is 1.51. The number of carbonyl (C=O) groups is 1. The zero-order chi connectivity index (χ0) is 18.4. The molecule has 0 aromatic carbocycles. The van der Waals surface area contributed by atoms with E-state index < -0.39 is 0 Å². The summed E-state index contributed by atoms with van der Waals surface area (Å²) in [6, 6.07) is 0. The topological polar surface area (TPSA) is 55.2 Å². The lowest BCUT2D eigenvalue weighted by molar-refractivity contribution is -0.134. The molecule has 26 heavy (non-hydrogen) atoms. The van der Waals surface area contributed by atoms with E-state index in [2.05, 4.69) is 25.8 Å². The van der Waals surface area contributed by atoms with Crippen LogP contribution in [-0.2, 0) is 24.2 Å². The monoisotopic (exact) mass is 373 g/mol. The molecular weight excluding hydrogens is 346 g/mol. The van der Waals surface area contributed by atoms with Crippen molar-refractivity contribution in [2.45, 2.75) is 53.0 Å². The summed E-state index contributed by atoms with van der Waals surface area (Å²) in [6.07, 6.45) is 5.84. The Morgan fingerprint density at radius 3 is 2.69 bits per heavy atom. The van der Waals surface area contributed by atoms with E-state index in [9.17, 15) is 9.59 Å². The fourth-order valence-electron chi connectivity index (χ4n) is 4.59. The van der Waals surface area contributed by atoms with Crippen LogP contribution in [0.1, 0.15) is 44.1 Å². The van der Waals surface area contributed by atoms with Crippen LogP contribution in [0.3, 0.4) is 0 Å². The molecular formula is C20H27N3O2S. The quantitative estimate of drug-likeness (QED) is 0.813. The highest BCUT2D eigenvalue weighted by molar-refractivity contribution is 7.18. The number of rotatable bonds is 2. The molecule has 0 unspecified atom stereocenters. The molecule has 2 aromatic heterocycles. The third kappa shape index (κ3) is 3.20. The Bertz CT molecular complexity index is 890. The smallest absolute Gasteiger partial charge is 0.262 e. The van der Waals surface area contributed by atoms with Crippen LogP contribution in [-0.4, -0.2) is 33.4 Å². The van der Waals surface area contributed by atoms with Gasteiger partial charge in [0.05, 0.1) is 11.7 Å². The molecule has 1 fully saturated rings. The first-order chi connectivity index (χ1) is 12.4. The molecule has 140 valence electrons. The summed E-state index contributed by atoms with van der Waals surface area (Å²) >= 11 is 1.65. The molecule has 2 aliphatic rings. The lowest BCUT2D eigenvalue weighted by Gasteiger charge is -2.35. The predicted molar refractivity (Wildman–Crippen MR) is 105 cm³/mol. The predicted octanol–water partition coefficient (Wildman–Crippen LogP) is 3.09. The standard InChI is InChI=1S/C20H27N3O2S/c1-12-4-5-15-16(7-12)26-19-18(15)20(25)23(11-21-19)10-17(24)22-8-13(2)6-14(3)9-22/h11-14H,4-10H2,1-3H3/t12-,13-,14+/m1/s1. The molecule has 0 spiro atoms. The number of aryl methyl sites for hydroxylation is 1. The van der Waals surface area contributed by atoms with Gasteiger partial charge < -0.3 is 4.90 Å². The summed E-state index contributed by atoms with van der Waals surface area (Å²) in [5, 5.41) is 0.757. The van der Waals surface area contributed by atoms with E-state index in [1.54, 1.807) is 17.7 Å². The Labute approximate surface area is 158 Å². The van der Waals surface area contributed by atoms with E-state index in [4.69, 9.17) is 0 Å². The molecule has 1 aliphatic heterocycles. The second-order valence-electron chi connectivity index (χ2n) is 8.45. The summed E-state index contributed by atoms with van der Waals surface area (Å²) in [5.74, 6) is 1.74. The molecule has 3 atom stereocenters. The van der Waals surface area contributed by atoms with Crippen LogP contribution in [0, 0.1) is 17.8 Å². The Kier molecular flexibility index (Phi) is 4.63. The van der Waals surface area contributed by atoms with Gasteiger partial charge in [0, 0.05) is 18.0 Å². The third-order valence-corrected chi connectivity index (χ3v) is 6.97. The minimum Gasteiger partial charge on any atom is -0.341 e. The number of amides is 1. The molecule has 2 aromatic rings. The van der Waals surface area contributed by atoms with E-state index in [0.29, 0.717) is 17.8 Å². The van der Waals surface area contributed by atoms with Gasteiger partial charge in [-0.05, 0) is 49.0 Å². The van der Waals surface area contributed by atoms with Crippen molar-refractivity contribution < 1.29 is 4.79 Å². The second kappa shape index (κ2) is 6.80. The summed E-state index contributed by atoms with van der Waals surface area (Å²) in [6.45, 7) is 8.32. The van der Waals surface area contributed by atoms with Gasteiger partial charge >= 0.3 is 0 Å². The average Bonchev–Trinajstić information content (AvgIpc) is 2.94. The van der Waals surface area contributed by atoms with E-state index in [0.717, 1.165) is 49.0 Å². The van der Waals surface area contributed by atoms with Crippen LogP contribution in [0.2, 0.25) is 0 Å². The Morgan fingerprint density at radius 2 is 1.96 bits per heavy atom. The van der Waals surface area contributed by atoms with Crippen LogP contribution < -0.4 is 5.56 Å². The molecule has 6 heteroatoms. The number of hydrogen-bond donors (Lipinski definition) is 0. The van der Waals surface area contributed by atoms with Crippen LogP contribution in [0.4, 0.5) is 0 Å². The molecule has 1 aliphatic carbocycles. The van der Waals surface area contributed by atoms with E-state index in [1.807, 2.05) is 4.90 Å². The van der Waals surface area contributed by atoms with Gasteiger partial charge in [0.1, 0.15) is 11.4 Å². The molecule has 0 radical (unpaired) electrons. The lowest BCUT2D eigenvalue weighted by atomic mass is 9.89. The lowest BCUT2D eigenvalue weighted by Crippen LogP contribution is -2.44. The second-order valence-corrected chi connectivity index (χ2v) is 9.54.